The van der Waals surface area contributed by atoms with Crippen molar-refractivity contribution in [2.45, 2.75) is 45.3 Å². The third-order valence-corrected chi connectivity index (χ3v) is 2.76. The van der Waals surface area contributed by atoms with Crippen molar-refractivity contribution < 1.29 is 24.7 Å². The number of carbonyl (C=O) groups is 2. The summed E-state index contributed by atoms with van der Waals surface area (Å²) in [5, 5.41) is 32.6. The molecule has 0 heterocycles. The Bertz CT molecular complexity index is 314. The first-order valence-electron chi connectivity index (χ1n) is 5.95. The molecule has 0 bridgehead atoms. The summed E-state index contributed by atoms with van der Waals surface area (Å²) < 4.78 is -0.483. The maximum Gasteiger partial charge on any atom is 0.475 e. The average molecular weight is 386 g/mol. The van der Waals surface area contributed by atoms with E-state index in [2.05, 4.69) is 10.6 Å². The van der Waals surface area contributed by atoms with Gasteiger partial charge in [0.25, 0.3) is 3.91 Å². The molecule has 2 amide bonds. The van der Waals surface area contributed by atoms with Crippen molar-refractivity contribution in [2.75, 3.05) is 0 Å². The SMILES string of the molecule is CC(C)CC(NC(=O)C(NC(=O)I)C(C)O)B(O)O. The highest BCUT2D eigenvalue weighted by atomic mass is 127. The predicted octanol–water partition coefficient (Wildman–Crippen LogP) is -0.577. The number of halogens is 1. The van der Waals surface area contributed by atoms with Gasteiger partial charge in [-0.2, -0.15) is 0 Å². The number of nitrogens with one attached hydrogen (secondary N) is 2. The summed E-state index contributed by atoms with van der Waals surface area (Å²) in [4.78, 5) is 22.9. The van der Waals surface area contributed by atoms with Crippen LogP contribution in [0.15, 0.2) is 0 Å². The molecule has 0 aliphatic heterocycles. The van der Waals surface area contributed by atoms with Gasteiger partial charge in [0.1, 0.15) is 6.04 Å². The van der Waals surface area contributed by atoms with E-state index in [1.54, 1.807) is 0 Å². The van der Waals surface area contributed by atoms with Crippen molar-refractivity contribution in [2.24, 2.45) is 5.92 Å². The van der Waals surface area contributed by atoms with Gasteiger partial charge in [-0.1, -0.05) is 13.8 Å². The lowest BCUT2D eigenvalue weighted by Crippen LogP contribution is -2.56. The number of aliphatic hydroxyl groups is 1. The monoisotopic (exact) mass is 386 g/mol. The molecule has 19 heavy (non-hydrogen) atoms. The van der Waals surface area contributed by atoms with Crippen molar-refractivity contribution in [3.05, 3.63) is 0 Å². The Balaban J connectivity index is 4.70. The molecule has 0 fully saturated rings. The van der Waals surface area contributed by atoms with Crippen LogP contribution in [0.25, 0.3) is 0 Å². The van der Waals surface area contributed by atoms with Gasteiger partial charge in [0.15, 0.2) is 0 Å². The Kier molecular flexibility index (Phi) is 8.54. The van der Waals surface area contributed by atoms with Gasteiger partial charge < -0.3 is 25.8 Å². The van der Waals surface area contributed by atoms with Gasteiger partial charge >= 0.3 is 7.12 Å². The van der Waals surface area contributed by atoms with Gasteiger partial charge in [0, 0.05) is 22.6 Å². The topological polar surface area (TPSA) is 119 Å². The molecule has 0 rings (SSSR count). The van der Waals surface area contributed by atoms with Crippen molar-refractivity contribution in [3.63, 3.8) is 0 Å². The summed E-state index contributed by atoms with van der Waals surface area (Å²) in [7, 11) is -1.70. The third kappa shape index (κ3) is 7.70. The fourth-order valence-electron chi connectivity index (χ4n) is 1.56. The lowest BCUT2D eigenvalue weighted by atomic mass is 9.75. The predicted molar refractivity (Wildman–Crippen MR) is 79.6 cm³/mol. The molecule has 3 unspecified atom stereocenters. The van der Waals surface area contributed by atoms with Gasteiger partial charge in [-0.05, 0) is 19.3 Å². The smallest absolute Gasteiger partial charge is 0.426 e. The molecule has 0 saturated heterocycles. The highest BCUT2D eigenvalue weighted by Gasteiger charge is 2.31. The molecule has 0 saturated carbocycles. The molecule has 3 atom stereocenters. The minimum Gasteiger partial charge on any atom is -0.426 e. The van der Waals surface area contributed by atoms with Crippen molar-refractivity contribution in [1.29, 1.82) is 0 Å². The number of aliphatic hydroxyl groups excluding tert-OH is 1. The van der Waals surface area contributed by atoms with Crippen LogP contribution < -0.4 is 10.6 Å². The fraction of sp³-hybridized carbons (Fsp3) is 0.800. The molecule has 0 aromatic rings. The van der Waals surface area contributed by atoms with E-state index in [0.717, 1.165) is 0 Å². The van der Waals surface area contributed by atoms with E-state index in [1.807, 2.05) is 13.8 Å². The molecule has 0 aliphatic carbocycles. The van der Waals surface area contributed by atoms with E-state index < -0.39 is 35.0 Å². The molecular weight excluding hydrogens is 366 g/mol. The van der Waals surface area contributed by atoms with E-state index in [4.69, 9.17) is 0 Å². The van der Waals surface area contributed by atoms with Crippen LogP contribution in [0.5, 0.6) is 0 Å². The minimum atomic E-state index is -1.70. The lowest BCUT2D eigenvalue weighted by Gasteiger charge is -2.24. The molecule has 0 spiro atoms. The summed E-state index contributed by atoms with van der Waals surface area (Å²) in [5.41, 5.74) is 0. The normalized spacial score (nSPS) is 15.6. The average Bonchev–Trinajstić information content (AvgIpc) is 2.23. The van der Waals surface area contributed by atoms with Crippen molar-refractivity contribution >= 4 is 39.5 Å². The van der Waals surface area contributed by atoms with E-state index in [9.17, 15) is 24.7 Å². The number of carbonyl (C=O) groups excluding carboxylic acids is 2. The van der Waals surface area contributed by atoms with Crippen LogP contribution in [0.3, 0.4) is 0 Å². The highest BCUT2D eigenvalue weighted by Crippen LogP contribution is 2.07. The van der Waals surface area contributed by atoms with E-state index in [1.165, 1.54) is 29.5 Å². The van der Waals surface area contributed by atoms with Gasteiger partial charge in [-0.15, -0.1) is 0 Å². The zero-order valence-electron chi connectivity index (χ0n) is 11.1. The van der Waals surface area contributed by atoms with Crippen molar-refractivity contribution in [3.8, 4) is 0 Å². The van der Waals surface area contributed by atoms with Crippen LogP contribution in [0.4, 0.5) is 4.79 Å². The van der Waals surface area contributed by atoms with Crippen LogP contribution in [-0.4, -0.2) is 50.2 Å². The molecule has 5 N–H and O–H groups in total. The van der Waals surface area contributed by atoms with Gasteiger partial charge in [0.2, 0.25) is 5.91 Å². The summed E-state index contributed by atoms with van der Waals surface area (Å²) in [6.07, 6.45) is -0.719. The summed E-state index contributed by atoms with van der Waals surface area (Å²) >= 11 is 1.45. The van der Waals surface area contributed by atoms with Gasteiger partial charge in [0.05, 0.1) is 12.0 Å². The molecule has 110 valence electrons. The van der Waals surface area contributed by atoms with Gasteiger partial charge in [-0.25, -0.2) is 0 Å². The Morgan fingerprint density at radius 2 is 1.74 bits per heavy atom. The molecule has 0 aromatic carbocycles. The second-order valence-electron chi connectivity index (χ2n) is 4.79. The zero-order chi connectivity index (χ0) is 15.2. The van der Waals surface area contributed by atoms with E-state index in [-0.39, 0.29) is 5.92 Å². The second kappa shape index (κ2) is 8.72. The summed E-state index contributed by atoms with van der Waals surface area (Å²) in [6, 6.07) is -1.13. The number of hydrogen-bond donors (Lipinski definition) is 5. The van der Waals surface area contributed by atoms with Crippen LogP contribution >= 0.6 is 22.6 Å². The minimum absolute atomic E-state index is 0.149. The first-order chi connectivity index (χ1) is 8.65. The summed E-state index contributed by atoms with van der Waals surface area (Å²) in [6.45, 7) is 5.12. The molecule has 0 aliphatic rings. The van der Waals surface area contributed by atoms with E-state index >= 15 is 0 Å². The maximum absolute atomic E-state index is 11.9. The summed E-state index contributed by atoms with van der Waals surface area (Å²) in [5.74, 6) is -1.35. The number of hydrogen-bond acceptors (Lipinski definition) is 5. The standard InChI is InChI=1S/C10H20BIN2O5/c1-5(2)4-7(11(18)19)13-9(16)8(6(3)15)14-10(12)17/h5-8,15,18-19H,4H2,1-3H3,(H,13,16)(H,14,17). The third-order valence-electron chi connectivity index (χ3n) is 2.45. The fourth-order valence-corrected chi connectivity index (χ4v) is 1.90. The first kappa shape index (κ1) is 18.6. The van der Waals surface area contributed by atoms with Crippen LogP contribution in [0.1, 0.15) is 27.2 Å². The molecule has 0 aromatic heterocycles. The van der Waals surface area contributed by atoms with E-state index in [0.29, 0.717) is 6.42 Å². The first-order valence-corrected chi connectivity index (χ1v) is 7.03. The second-order valence-corrected chi connectivity index (χ2v) is 5.77. The van der Waals surface area contributed by atoms with Crippen LogP contribution in [0.2, 0.25) is 0 Å². The molecule has 9 heteroatoms. The number of rotatable bonds is 7. The largest absolute Gasteiger partial charge is 0.475 e. The quantitative estimate of drug-likeness (QED) is 0.174. The van der Waals surface area contributed by atoms with Crippen LogP contribution in [-0.2, 0) is 4.79 Å². The lowest BCUT2D eigenvalue weighted by molar-refractivity contribution is -0.125. The molecule has 0 radical (unpaired) electrons. The van der Waals surface area contributed by atoms with Crippen LogP contribution in [0, 0.1) is 5.92 Å². The number of amides is 2. The van der Waals surface area contributed by atoms with Gasteiger partial charge in [-0.3, -0.25) is 9.59 Å². The Labute approximate surface area is 126 Å². The Hall–Kier alpha value is -0.385. The Morgan fingerprint density at radius 3 is 2.05 bits per heavy atom. The molecular formula is C10H20BIN2O5. The highest BCUT2D eigenvalue weighted by molar-refractivity contribution is 14.1. The Morgan fingerprint density at radius 1 is 1.21 bits per heavy atom. The zero-order valence-corrected chi connectivity index (χ0v) is 13.3. The van der Waals surface area contributed by atoms with Crippen molar-refractivity contribution in [1.82, 2.24) is 10.6 Å². The maximum atomic E-state index is 11.9. The molecule has 7 nitrogen and oxygen atoms in total.